The molecule has 2 aromatic carbocycles. The van der Waals surface area contributed by atoms with Crippen molar-refractivity contribution in [1.29, 1.82) is 0 Å². The molecule has 0 bridgehead atoms. The molecule has 3 aromatic rings. The van der Waals surface area contributed by atoms with Gasteiger partial charge in [-0.3, -0.25) is 4.98 Å². The first-order chi connectivity index (χ1) is 11.4. The van der Waals surface area contributed by atoms with Gasteiger partial charge in [0.15, 0.2) is 5.58 Å². The number of H-pyrrole nitrogens is 1. The lowest BCUT2D eigenvalue weighted by molar-refractivity contribution is 0.409. The van der Waals surface area contributed by atoms with E-state index < -0.39 is 15.8 Å². The van der Waals surface area contributed by atoms with Crippen molar-refractivity contribution in [2.24, 2.45) is 0 Å². The number of methoxy groups -OCH3 is 1. The monoisotopic (exact) mass is 368 g/mol. The van der Waals surface area contributed by atoms with E-state index in [9.17, 15) is 13.2 Å². The van der Waals surface area contributed by atoms with Crippen molar-refractivity contribution in [3.8, 4) is 5.75 Å². The van der Waals surface area contributed by atoms with Gasteiger partial charge in [-0.15, -0.1) is 0 Å². The summed E-state index contributed by atoms with van der Waals surface area (Å²) in [4.78, 5) is 13.4. The van der Waals surface area contributed by atoms with Gasteiger partial charge >= 0.3 is 5.76 Å². The number of hydrogen-bond donors (Lipinski definition) is 2. The van der Waals surface area contributed by atoms with Gasteiger partial charge < -0.3 is 9.15 Å². The van der Waals surface area contributed by atoms with Crippen LogP contribution in [0.5, 0.6) is 5.75 Å². The average molecular weight is 369 g/mol. The zero-order chi connectivity index (χ0) is 17.3. The first kappa shape index (κ1) is 16.6. The summed E-state index contributed by atoms with van der Waals surface area (Å²) in [5, 5.41) is -0.0212. The summed E-state index contributed by atoms with van der Waals surface area (Å²) in [6.07, 6.45) is 0. The van der Waals surface area contributed by atoms with Crippen LogP contribution in [0.2, 0.25) is 5.02 Å². The van der Waals surface area contributed by atoms with Gasteiger partial charge in [-0.05, 0) is 12.1 Å². The molecular weight excluding hydrogens is 356 g/mol. The summed E-state index contributed by atoms with van der Waals surface area (Å²) in [5.74, 6) is -0.115. The van der Waals surface area contributed by atoms with Gasteiger partial charge in [0.05, 0.1) is 17.6 Å². The molecular formula is C15H13ClN2O5S. The second-order valence-electron chi connectivity index (χ2n) is 4.93. The highest BCUT2D eigenvalue weighted by molar-refractivity contribution is 7.89. The molecule has 0 atom stereocenters. The second kappa shape index (κ2) is 6.31. The normalized spacial score (nSPS) is 11.8. The number of nitrogens with one attached hydrogen (secondary N) is 2. The molecule has 1 heterocycles. The van der Waals surface area contributed by atoms with Crippen LogP contribution in [0.25, 0.3) is 11.1 Å². The van der Waals surface area contributed by atoms with Crippen molar-refractivity contribution in [2.45, 2.75) is 11.4 Å². The molecule has 7 nitrogen and oxygen atoms in total. The maximum absolute atomic E-state index is 12.5. The second-order valence-corrected chi connectivity index (χ2v) is 7.07. The number of sulfonamides is 1. The number of oxazole rings is 1. The predicted molar refractivity (Wildman–Crippen MR) is 88.9 cm³/mol. The van der Waals surface area contributed by atoms with Crippen LogP contribution in [0.4, 0.5) is 0 Å². The van der Waals surface area contributed by atoms with Crippen molar-refractivity contribution in [2.75, 3.05) is 7.11 Å². The zero-order valence-corrected chi connectivity index (χ0v) is 14.1. The highest BCUT2D eigenvalue weighted by atomic mass is 35.5. The van der Waals surface area contributed by atoms with E-state index in [1.165, 1.54) is 19.2 Å². The molecule has 0 unspecified atom stereocenters. The molecule has 9 heteroatoms. The van der Waals surface area contributed by atoms with Crippen LogP contribution in [0.3, 0.4) is 0 Å². The largest absolute Gasteiger partial charge is 0.496 e. The van der Waals surface area contributed by atoms with Crippen molar-refractivity contribution in [1.82, 2.24) is 9.71 Å². The molecule has 0 spiro atoms. The number of rotatable bonds is 5. The average Bonchev–Trinajstić information content (AvgIpc) is 2.91. The quantitative estimate of drug-likeness (QED) is 0.719. The first-order valence-corrected chi connectivity index (χ1v) is 8.71. The molecule has 0 saturated carbocycles. The Bertz CT molecular complexity index is 1060. The van der Waals surface area contributed by atoms with Crippen molar-refractivity contribution in [3.05, 3.63) is 57.5 Å². The van der Waals surface area contributed by atoms with E-state index in [0.29, 0.717) is 16.8 Å². The predicted octanol–water partition coefficient (Wildman–Crippen LogP) is 2.26. The minimum absolute atomic E-state index is 0.0212. The summed E-state index contributed by atoms with van der Waals surface area (Å²) in [5.41, 5.74) is 1.12. The molecule has 3 rings (SSSR count). The Morgan fingerprint density at radius 1 is 1.29 bits per heavy atom. The minimum Gasteiger partial charge on any atom is -0.496 e. The zero-order valence-electron chi connectivity index (χ0n) is 12.5. The van der Waals surface area contributed by atoms with Crippen molar-refractivity contribution < 1.29 is 17.6 Å². The number of ether oxygens (including phenoxy) is 1. The number of fused-ring (bicyclic) bond motifs is 1. The standard InChI is InChI=1S/C15H13ClN2O5S/c1-22-12-5-3-2-4-9(12)8-17-24(20,21)14-7-13-11(6-10(14)16)18-15(19)23-13/h2-7,17H,8H2,1H3,(H,18,19). The Labute approximate surface area is 142 Å². The highest BCUT2D eigenvalue weighted by Crippen LogP contribution is 2.26. The van der Waals surface area contributed by atoms with Gasteiger partial charge in [0, 0.05) is 18.2 Å². The summed E-state index contributed by atoms with van der Waals surface area (Å²) in [6, 6.07) is 9.59. The number of para-hydroxylation sites is 1. The first-order valence-electron chi connectivity index (χ1n) is 6.84. The molecule has 0 saturated heterocycles. The molecule has 2 N–H and O–H groups in total. The Hall–Kier alpha value is -2.29. The van der Waals surface area contributed by atoms with E-state index in [4.69, 9.17) is 20.8 Å². The number of hydrogen-bond acceptors (Lipinski definition) is 5. The third kappa shape index (κ3) is 3.16. The van der Waals surface area contributed by atoms with Gasteiger partial charge in [-0.1, -0.05) is 29.8 Å². The fourth-order valence-electron chi connectivity index (χ4n) is 2.26. The van der Waals surface area contributed by atoms with Gasteiger partial charge in [-0.25, -0.2) is 17.9 Å². The Kier molecular flexibility index (Phi) is 4.35. The third-order valence-corrected chi connectivity index (χ3v) is 5.27. The highest BCUT2D eigenvalue weighted by Gasteiger charge is 2.20. The summed E-state index contributed by atoms with van der Waals surface area (Å²) < 4.78 is 37.5. The van der Waals surface area contributed by atoms with Gasteiger partial charge in [0.1, 0.15) is 10.6 Å². The fourth-order valence-corrected chi connectivity index (χ4v) is 3.80. The van der Waals surface area contributed by atoms with E-state index in [-0.39, 0.29) is 22.0 Å². The topological polar surface area (TPSA) is 101 Å². The van der Waals surface area contributed by atoms with Gasteiger partial charge in [-0.2, -0.15) is 0 Å². The van der Waals surface area contributed by atoms with Crippen molar-refractivity contribution >= 4 is 32.7 Å². The SMILES string of the molecule is COc1ccccc1CNS(=O)(=O)c1cc2oc(=O)[nH]c2cc1Cl. The summed E-state index contributed by atoms with van der Waals surface area (Å²) in [6.45, 7) is 0.0256. The maximum Gasteiger partial charge on any atom is 0.417 e. The molecule has 24 heavy (non-hydrogen) atoms. The molecule has 0 radical (unpaired) electrons. The maximum atomic E-state index is 12.5. The van der Waals surface area contributed by atoms with E-state index in [1.807, 2.05) is 0 Å². The summed E-state index contributed by atoms with van der Waals surface area (Å²) >= 11 is 6.03. The molecule has 126 valence electrons. The van der Waals surface area contributed by atoms with E-state index in [1.54, 1.807) is 24.3 Å². The third-order valence-electron chi connectivity index (χ3n) is 3.41. The van der Waals surface area contributed by atoms with Gasteiger partial charge in [0.25, 0.3) is 0 Å². The van der Waals surface area contributed by atoms with Crippen LogP contribution in [-0.4, -0.2) is 20.5 Å². The molecule has 0 aliphatic rings. The molecule has 0 amide bonds. The van der Waals surface area contributed by atoms with Crippen LogP contribution in [0.15, 0.2) is 50.5 Å². The number of aromatic amines is 1. The van der Waals surface area contributed by atoms with Crippen LogP contribution in [-0.2, 0) is 16.6 Å². The molecule has 0 aliphatic heterocycles. The molecule has 1 aromatic heterocycles. The van der Waals surface area contributed by atoms with Crippen molar-refractivity contribution in [3.63, 3.8) is 0 Å². The lowest BCUT2D eigenvalue weighted by Gasteiger charge is -2.11. The molecule has 0 aliphatic carbocycles. The molecule has 0 fully saturated rings. The number of halogens is 1. The minimum atomic E-state index is -3.91. The fraction of sp³-hybridized carbons (Fsp3) is 0.133. The number of aromatic nitrogens is 1. The summed E-state index contributed by atoms with van der Waals surface area (Å²) in [7, 11) is -2.40. The Morgan fingerprint density at radius 3 is 2.79 bits per heavy atom. The lowest BCUT2D eigenvalue weighted by atomic mass is 10.2. The number of benzene rings is 2. The van der Waals surface area contributed by atoms with Crippen LogP contribution >= 0.6 is 11.6 Å². The Morgan fingerprint density at radius 2 is 2.04 bits per heavy atom. The van der Waals surface area contributed by atoms with Crippen LogP contribution in [0.1, 0.15) is 5.56 Å². The van der Waals surface area contributed by atoms with Crippen LogP contribution in [0, 0.1) is 0 Å². The lowest BCUT2D eigenvalue weighted by Crippen LogP contribution is -2.23. The Balaban J connectivity index is 1.93. The van der Waals surface area contributed by atoms with Gasteiger partial charge in [0.2, 0.25) is 10.0 Å². The smallest absolute Gasteiger partial charge is 0.417 e. The van der Waals surface area contributed by atoms with E-state index in [0.717, 1.165) is 0 Å². The van der Waals surface area contributed by atoms with E-state index in [2.05, 4.69) is 9.71 Å². The van der Waals surface area contributed by atoms with Crippen LogP contribution < -0.4 is 15.2 Å². The van der Waals surface area contributed by atoms with E-state index >= 15 is 0 Å².